The third kappa shape index (κ3) is 3.74. The topological polar surface area (TPSA) is 0 Å². The fourth-order valence-electron chi connectivity index (χ4n) is 0.835. The van der Waals surface area contributed by atoms with Crippen molar-refractivity contribution in [1.82, 2.24) is 0 Å². The number of thiol groups is 1. The van der Waals surface area contributed by atoms with Gasteiger partial charge >= 0.3 is 0 Å². The summed E-state index contributed by atoms with van der Waals surface area (Å²) in [5.74, 6) is 3.10. The van der Waals surface area contributed by atoms with Gasteiger partial charge in [-0.2, -0.15) is 24.4 Å². The molecule has 0 saturated heterocycles. The van der Waals surface area contributed by atoms with Gasteiger partial charge in [-0.05, 0) is 23.4 Å². The van der Waals surface area contributed by atoms with Crippen LogP contribution in [-0.4, -0.2) is 11.5 Å². The average Bonchev–Trinajstić information content (AvgIpc) is 2.09. The zero-order valence-corrected chi connectivity index (χ0v) is 9.13. The first kappa shape index (κ1) is 10.3. The summed E-state index contributed by atoms with van der Waals surface area (Å²) in [6.07, 6.45) is 0. The van der Waals surface area contributed by atoms with Crippen LogP contribution in [0, 0.1) is 0 Å². The van der Waals surface area contributed by atoms with Gasteiger partial charge in [0.05, 0.1) is 0 Å². The highest BCUT2D eigenvalue weighted by molar-refractivity contribution is 7.99. The Balaban J connectivity index is 2.37. The van der Waals surface area contributed by atoms with Crippen molar-refractivity contribution >= 4 is 36.0 Å². The molecule has 0 saturated carbocycles. The number of benzene rings is 1. The van der Waals surface area contributed by atoms with E-state index in [9.17, 15) is 0 Å². The van der Waals surface area contributed by atoms with Crippen molar-refractivity contribution in [3.05, 3.63) is 34.9 Å². The van der Waals surface area contributed by atoms with E-state index in [4.69, 9.17) is 11.6 Å². The number of hydrogen-bond acceptors (Lipinski definition) is 2. The second-order valence-electron chi connectivity index (χ2n) is 2.40. The molecule has 0 aliphatic carbocycles. The molecule has 0 spiro atoms. The molecule has 3 heteroatoms. The zero-order chi connectivity index (χ0) is 8.81. The van der Waals surface area contributed by atoms with E-state index in [1.54, 1.807) is 0 Å². The van der Waals surface area contributed by atoms with Crippen molar-refractivity contribution in [2.45, 2.75) is 5.75 Å². The van der Waals surface area contributed by atoms with Crippen LogP contribution in [0.15, 0.2) is 24.3 Å². The van der Waals surface area contributed by atoms with Crippen LogP contribution in [0.3, 0.4) is 0 Å². The van der Waals surface area contributed by atoms with Crippen molar-refractivity contribution < 1.29 is 0 Å². The maximum absolute atomic E-state index is 5.75. The molecule has 0 aliphatic rings. The Bertz CT molecular complexity index is 220. The van der Waals surface area contributed by atoms with Crippen LogP contribution in [0.1, 0.15) is 5.56 Å². The zero-order valence-electron chi connectivity index (χ0n) is 6.66. The van der Waals surface area contributed by atoms with Crippen LogP contribution in [0.25, 0.3) is 0 Å². The Kier molecular flexibility index (Phi) is 4.96. The first-order valence-electron chi connectivity index (χ1n) is 3.76. The first-order valence-corrected chi connectivity index (χ1v) is 5.92. The molecular formula is C9H11ClS2. The van der Waals surface area contributed by atoms with Gasteiger partial charge in [-0.1, -0.05) is 23.7 Å². The smallest absolute Gasteiger partial charge is 0.0406 e. The summed E-state index contributed by atoms with van der Waals surface area (Å²) in [6, 6.07) is 7.98. The molecule has 0 heterocycles. The van der Waals surface area contributed by atoms with Gasteiger partial charge in [0, 0.05) is 16.5 Å². The van der Waals surface area contributed by atoms with E-state index in [0.717, 1.165) is 22.3 Å². The van der Waals surface area contributed by atoms with E-state index in [1.807, 2.05) is 23.9 Å². The second-order valence-corrected chi connectivity index (χ2v) is 4.39. The minimum Gasteiger partial charge on any atom is -0.179 e. The molecule has 0 aromatic heterocycles. The molecule has 0 radical (unpaired) electrons. The van der Waals surface area contributed by atoms with Crippen molar-refractivity contribution in [2.24, 2.45) is 0 Å². The third-order valence-electron chi connectivity index (χ3n) is 1.42. The van der Waals surface area contributed by atoms with Crippen LogP contribution >= 0.6 is 36.0 Å². The molecule has 1 aromatic rings. The lowest BCUT2D eigenvalue weighted by molar-refractivity contribution is 1.40. The molecule has 66 valence electrons. The quantitative estimate of drug-likeness (QED) is 0.596. The van der Waals surface area contributed by atoms with E-state index >= 15 is 0 Å². The maximum Gasteiger partial charge on any atom is 0.0406 e. The van der Waals surface area contributed by atoms with Gasteiger partial charge in [-0.15, -0.1) is 0 Å². The van der Waals surface area contributed by atoms with Crippen LogP contribution in [0.5, 0.6) is 0 Å². The highest BCUT2D eigenvalue weighted by Gasteiger charge is 1.92. The lowest BCUT2D eigenvalue weighted by Gasteiger charge is -1.99. The summed E-state index contributed by atoms with van der Waals surface area (Å²) in [5, 5.41) is 0.804. The Morgan fingerprint density at radius 3 is 2.50 bits per heavy atom. The van der Waals surface area contributed by atoms with Gasteiger partial charge in [-0.3, -0.25) is 0 Å². The van der Waals surface area contributed by atoms with Gasteiger partial charge in [0.15, 0.2) is 0 Å². The van der Waals surface area contributed by atoms with Crippen LogP contribution in [0.4, 0.5) is 0 Å². The maximum atomic E-state index is 5.75. The number of thioether (sulfide) groups is 1. The normalized spacial score (nSPS) is 10.2. The molecule has 0 N–H and O–H groups in total. The van der Waals surface area contributed by atoms with Crippen LogP contribution < -0.4 is 0 Å². The fourth-order valence-corrected chi connectivity index (χ4v) is 2.05. The van der Waals surface area contributed by atoms with Crippen LogP contribution in [0.2, 0.25) is 5.02 Å². The Morgan fingerprint density at radius 2 is 1.92 bits per heavy atom. The lowest BCUT2D eigenvalue weighted by atomic mass is 10.2. The molecule has 12 heavy (non-hydrogen) atoms. The standard InChI is InChI=1S/C9H11ClS2/c10-9-3-1-8(2-4-9)7-12-6-5-11/h1-4,11H,5-7H2. The van der Waals surface area contributed by atoms with E-state index < -0.39 is 0 Å². The predicted molar refractivity (Wildman–Crippen MR) is 61.5 cm³/mol. The van der Waals surface area contributed by atoms with Gasteiger partial charge in [0.2, 0.25) is 0 Å². The summed E-state index contributed by atoms with van der Waals surface area (Å²) >= 11 is 11.8. The van der Waals surface area contributed by atoms with Crippen molar-refractivity contribution in [3.8, 4) is 0 Å². The van der Waals surface area contributed by atoms with E-state index in [2.05, 4.69) is 24.8 Å². The molecule has 0 atom stereocenters. The van der Waals surface area contributed by atoms with Crippen molar-refractivity contribution in [3.63, 3.8) is 0 Å². The first-order chi connectivity index (χ1) is 5.83. The van der Waals surface area contributed by atoms with Gasteiger partial charge in [-0.25, -0.2) is 0 Å². The number of halogens is 1. The summed E-state index contributed by atoms with van der Waals surface area (Å²) in [4.78, 5) is 0. The second kappa shape index (κ2) is 5.79. The van der Waals surface area contributed by atoms with E-state index in [-0.39, 0.29) is 0 Å². The monoisotopic (exact) mass is 218 g/mol. The van der Waals surface area contributed by atoms with Crippen LogP contribution in [-0.2, 0) is 5.75 Å². The highest BCUT2D eigenvalue weighted by Crippen LogP contribution is 2.15. The number of rotatable bonds is 4. The SMILES string of the molecule is SCCSCc1ccc(Cl)cc1. The fraction of sp³-hybridized carbons (Fsp3) is 0.333. The minimum atomic E-state index is 0.804. The molecular weight excluding hydrogens is 208 g/mol. The highest BCUT2D eigenvalue weighted by atomic mass is 35.5. The van der Waals surface area contributed by atoms with Crippen molar-refractivity contribution in [1.29, 1.82) is 0 Å². The molecule has 0 fully saturated rings. The van der Waals surface area contributed by atoms with Gasteiger partial charge in [0.25, 0.3) is 0 Å². The number of hydrogen-bond donors (Lipinski definition) is 1. The van der Waals surface area contributed by atoms with Gasteiger partial charge in [0.1, 0.15) is 0 Å². The predicted octanol–water partition coefficient (Wildman–Crippen LogP) is 3.50. The van der Waals surface area contributed by atoms with E-state index in [0.29, 0.717) is 0 Å². The third-order valence-corrected chi connectivity index (χ3v) is 3.23. The average molecular weight is 219 g/mol. The molecule has 1 aromatic carbocycles. The molecule has 0 aliphatic heterocycles. The lowest BCUT2D eigenvalue weighted by Crippen LogP contribution is -1.83. The Morgan fingerprint density at radius 1 is 1.25 bits per heavy atom. The summed E-state index contributed by atoms with van der Waals surface area (Å²) in [6.45, 7) is 0. The largest absolute Gasteiger partial charge is 0.179 e. The van der Waals surface area contributed by atoms with E-state index in [1.165, 1.54) is 5.56 Å². The summed E-state index contributed by atoms with van der Waals surface area (Å²) < 4.78 is 0. The summed E-state index contributed by atoms with van der Waals surface area (Å²) in [5.41, 5.74) is 1.33. The molecule has 0 amide bonds. The minimum absolute atomic E-state index is 0.804. The van der Waals surface area contributed by atoms with Gasteiger partial charge < -0.3 is 0 Å². The molecule has 1 rings (SSSR count). The Labute approximate surface area is 88.1 Å². The summed E-state index contributed by atoms with van der Waals surface area (Å²) in [7, 11) is 0. The Hall–Kier alpha value is 0.210. The molecule has 0 bridgehead atoms. The molecule has 0 nitrogen and oxygen atoms in total. The molecule has 0 unspecified atom stereocenters. The van der Waals surface area contributed by atoms with Crippen molar-refractivity contribution in [2.75, 3.05) is 11.5 Å².